The summed E-state index contributed by atoms with van der Waals surface area (Å²) in [6, 6.07) is 6.61. The maximum atomic E-state index is 4.69. The van der Waals surface area contributed by atoms with Gasteiger partial charge in [0, 0.05) is 11.0 Å². The number of aromatic amines is 1. The molecule has 0 amide bonds. The van der Waals surface area contributed by atoms with Gasteiger partial charge in [-0.3, -0.25) is 0 Å². The molecule has 1 aliphatic carbocycles. The fourth-order valence-corrected chi connectivity index (χ4v) is 3.20. The summed E-state index contributed by atoms with van der Waals surface area (Å²) in [5, 5.41) is 3.60. The molecule has 1 aromatic heterocycles. The molecule has 0 radical (unpaired) electrons. The number of aromatic nitrogens is 2. The van der Waals surface area contributed by atoms with Crippen LogP contribution in [-0.2, 0) is 0 Å². The van der Waals surface area contributed by atoms with Crippen molar-refractivity contribution in [3.63, 3.8) is 0 Å². The average molecular weight is 292 g/mol. The van der Waals surface area contributed by atoms with Gasteiger partial charge < -0.3 is 10.3 Å². The number of rotatable bonds is 1. The smallest absolute Gasteiger partial charge is 0.124 e. The van der Waals surface area contributed by atoms with Gasteiger partial charge >= 0.3 is 0 Å². The van der Waals surface area contributed by atoms with Crippen LogP contribution in [0.5, 0.6) is 0 Å². The second-order valence-electron chi connectivity index (χ2n) is 5.42. The number of nitrogens with zero attached hydrogens (tertiary/aromatic N) is 1. The summed E-state index contributed by atoms with van der Waals surface area (Å²) in [7, 11) is 0. The van der Waals surface area contributed by atoms with E-state index in [4.69, 9.17) is 4.98 Å². The van der Waals surface area contributed by atoms with Crippen LogP contribution in [0.1, 0.15) is 31.1 Å². The minimum Gasteiger partial charge on any atom is -0.341 e. The molecule has 1 aliphatic heterocycles. The van der Waals surface area contributed by atoms with E-state index >= 15 is 0 Å². The fraction of sp³-hybridized carbons (Fsp3) is 0.462. The first-order valence-electron chi connectivity index (χ1n) is 6.13. The highest BCUT2D eigenvalue weighted by atomic mass is 79.9. The minimum absolute atomic E-state index is 0.420. The predicted octanol–water partition coefficient (Wildman–Crippen LogP) is 3.14. The second-order valence-corrected chi connectivity index (χ2v) is 6.34. The van der Waals surface area contributed by atoms with Crippen molar-refractivity contribution in [2.45, 2.75) is 25.3 Å². The molecule has 1 atom stereocenters. The van der Waals surface area contributed by atoms with Crippen LogP contribution < -0.4 is 5.32 Å². The monoisotopic (exact) mass is 291 g/mol. The number of nitrogens with one attached hydrogen (secondary N) is 2. The number of halogens is 1. The fourth-order valence-electron chi connectivity index (χ4n) is 2.83. The third-order valence-electron chi connectivity index (χ3n) is 4.11. The van der Waals surface area contributed by atoms with Crippen molar-refractivity contribution in [3.05, 3.63) is 28.5 Å². The summed E-state index contributed by atoms with van der Waals surface area (Å²) >= 11 is 3.49. The summed E-state index contributed by atoms with van der Waals surface area (Å²) in [6.07, 6.45) is 4.03. The van der Waals surface area contributed by atoms with Gasteiger partial charge in [-0.05, 0) is 42.9 Å². The van der Waals surface area contributed by atoms with Crippen LogP contribution >= 0.6 is 15.9 Å². The van der Waals surface area contributed by atoms with Crippen LogP contribution in [0, 0.1) is 5.41 Å². The lowest BCUT2D eigenvalue weighted by Crippen LogP contribution is -2.14. The van der Waals surface area contributed by atoms with Gasteiger partial charge in [0.15, 0.2) is 0 Å². The van der Waals surface area contributed by atoms with Crippen LogP contribution in [0.2, 0.25) is 0 Å². The highest BCUT2D eigenvalue weighted by molar-refractivity contribution is 9.10. The normalized spacial score (nSPS) is 25.8. The zero-order valence-corrected chi connectivity index (χ0v) is 11.0. The molecule has 1 saturated carbocycles. The van der Waals surface area contributed by atoms with E-state index < -0.39 is 0 Å². The van der Waals surface area contributed by atoms with Crippen LogP contribution in [-0.4, -0.2) is 16.5 Å². The van der Waals surface area contributed by atoms with E-state index in [1.807, 2.05) is 6.07 Å². The lowest BCUT2D eigenvalue weighted by atomic mass is 10.0. The van der Waals surface area contributed by atoms with Gasteiger partial charge in [0.1, 0.15) is 5.82 Å². The standard InChI is InChI=1S/C13H14BrN3/c14-8-1-2-9-10(5-8)17-12(16-9)11-6-13(3-4-13)7-15-11/h1-2,5,11,15H,3-4,6-7H2,(H,16,17). The van der Waals surface area contributed by atoms with E-state index in [-0.39, 0.29) is 0 Å². The Morgan fingerprint density at radius 3 is 3.00 bits per heavy atom. The largest absolute Gasteiger partial charge is 0.341 e. The zero-order chi connectivity index (χ0) is 11.5. The van der Waals surface area contributed by atoms with E-state index in [1.54, 1.807) is 0 Å². The van der Waals surface area contributed by atoms with Gasteiger partial charge in [0.2, 0.25) is 0 Å². The molecule has 2 aliphatic rings. The molecular weight excluding hydrogens is 278 g/mol. The molecule has 3 nitrogen and oxygen atoms in total. The number of hydrogen-bond acceptors (Lipinski definition) is 2. The summed E-state index contributed by atoms with van der Waals surface area (Å²) < 4.78 is 1.10. The van der Waals surface area contributed by atoms with Crippen LogP contribution in [0.3, 0.4) is 0 Å². The zero-order valence-electron chi connectivity index (χ0n) is 9.46. The molecule has 17 heavy (non-hydrogen) atoms. The highest BCUT2D eigenvalue weighted by Crippen LogP contribution is 2.54. The molecule has 0 bridgehead atoms. The van der Waals surface area contributed by atoms with Crippen molar-refractivity contribution < 1.29 is 0 Å². The molecule has 2 N–H and O–H groups in total. The number of fused-ring (bicyclic) bond motifs is 1. The molecule has 2 aromatic rings. The molecule has 1 aromatic carbocycles. The van der Waals surface area contributed by atoms with Crippen molar-refractivity contribution in [3.8, 4) is 0 Å². The van der Waals surface area contributed by atoms with Crippen LogP contribution in [0.15, 0.2) is 22.7 Å². The topological polar surface area (TPSA) is 40.7 Å². The Hall–Kier alpha value is -0.870. The van der Waals surface area contributed by atoms with Crippen LogP contribution in [0.4, 0.5) is 0 Å². The summed E-state index contributed by atoms with van der Waals surface area (Å²) in [6.45, 7) is 1.17. The minimum atomic E-state index is 0.420. The molecule has 2 heterocycles. The summed E-state index contributed by atoms with van der Waals surface area (Å²) in [4.78, 5) is 8.13. The lowest BCUT2D eigenvalue weighted by molar-refractivity contribution is 0.543. The molecule has 4 rings (SSSR count). The summed E-state index contributed by atoms with van der Waals surface area (Å²) in [5.74, 6) is 1.10. The van der Waals surface area contributed by atoms with Gasteiger partial charge in [-0.25, -0.2) is 4.98 Å². The highest BCUT2D eigenvalue weighted by Gasteiger charge is 2.49. The molecule has 1 saturated heterocycles. The van der Waals surface area contributed by atoms with Crippen molar-refractivity contribution in [2.24, 2.45) is 5.41 Å². The van der Waals surface area contributed by atoms with Crippen molar-refractivity contribution in [1.82, 2.24) is 15.3 Å². The third-order valence-corrected chi connectivity index (χ3v) is 4.60. The Kier molecular flexibility index (Phi) is 1.97. The molecule has 1 unspecified atom stereocenters. The second kappa shape index (κ2) is 3.33. The van der Waals surface area contributed by atoms with E-state index in [9.17, 15) is 0 Å². The quantitative estimate of drug-likeness (QED) is 0.847. The van der Waals surface area contributed by atoms with Gasteiger partial charge in [0.05, 0.1) is 17.1 Å². The molecule has 4 heteroatoms. The Morgan fingerprint density at radius 2 is 2.24 bits per heavy atom. The Labute approximate surface area is 108 Å². The number of hydrogen-bond donors (Lipinski definition) is 2. The van der Waals surface area contributed by atoms with Gasteiger partial charge in [-0.15, -0.1) is 0 Å². The predicted molar refractivity (Wildman–Crippen MR) is 70.8 cm³/mol. The molecular formula is C13H14BrN3. The van der Waals surface area contributed by atoms with E-state index in [0.29, 0.717) is 11.5 Å². The Balaban J connectivity index is 1.71. The number of H-pyrrole nitrogens is 1. The first-order valence-corrected chi connectivity index (χ1v) is 6.92. The number of benzene rings is 1. The first kappa shape index (κ1) is 10.1. The Morgan fingerprint density at radius 1 is 1.35 bits per heavy atom. The van der Waals surface area contributed by atoms with E-state index in [1.165, 1.54) is 25.8 Å². The maximum Gasteiger partial charge on any atom is 0.124 e. The Bertz CT molecular complexity index is 585. The van der Waals surface area contributed by atoms with Gasteiger partial charge in [-0.1, -0.05) is 15.9 Å². The first-order chi connectivity index (χ1) is 8.24. The lowest BCUT2D eigenvalue weighted by Gasteiger charge is -2.05. The van der Waals surface area contributed by atoms with Crippen molar-refractivity contribution >= 4 is 27.0 Å². The van der Waals surface area contributed by atoms with Gasteiger partial charge in [0.25, 0.3) is 0 Å². The van der Waals surface area contributed by atoms with E-state index in [0.717, 1.165) is 21.3 Å². The molecule has 2 fully saturated rings. The summed E-state index contributed by atoms with van der Waals surface area (Å²) in [5.41, 5.74) is 2.79. The van der Waals surface area contributed by atoms with Crippen molar-refractivity contribution in [2.75, 3.05) is 6.54 Å². The molecule has 1 spiro atoms. The molecule has 88 valence electrons. The maximum absolute atomic E-state index is 4.69. The van der Waals surface area contributed by atoms with Crippen molar-refractivity contribution in [1.29, 1.82) is 0 Å². The van der Waals surface area contributed by atoms with Crippen LogP contribution in [0.25, 0.3) is 11.0 Å². The van der Waals surface area contributed by atoms with Gasteiger partial charge in [-0.2, -0.15) is 0 Å². The third kappa shape index (κ3) is 1.62. The SMILES string of the molecule is Brc1ccc2nc(C3CC4(CC4)CN3)[nH]c2c1. The van der Waals surface area contributed by atoms with E-state index in [2.05, 4.69) is 38.4 Å². The average Bonchev–Trinajstić information content (AvgIpc) is 2.74. The number of imidazole rings is 1.